The average molecular weight is 140 g/mol. The lowest BCUT2D eigenvalue weighted by Gasteiger charge is -2.28. The third-order valence-corrected chi connectivity index (χ3v) is 1.66. The van der Waals surface area contributed by atoms with Crippen LogP contribution in [0, 0.1) is 0 Å². The van der Waals surface area contributed by atoms with Gasteiger partial charge in [0, 0.05) is 18.1 Å². The van der Waals surface area contributed by atoms with Crippen LogP contribution in [0.3, 0.4) is 0 Å². The maximum atomic E-state index is 8.86. The molecule has 10 heavy (non-hydrogen) atoms. The first-order valence-electron chi connectivity index (χ1n) is 3.33. The summed E-state index contributed by atoms with van der Waals surface area (Å²) >= 11 is 0. The van der Waals surface area contributed by atoms with Crippen LogP contribution in [0.1, 0.15) is 13.8 Å². The molecule has 3 nitrogen and oxygen atoms in total. The quantitative estimate of drug-likeness (QED) is 0.578. The molecule has 0 spiro atoms. The monoisotopic (exact) mass is 140 g/mol. The fourth-order valence-corrected chi connectivity index (χ4v) is 0.992. The summed E-state index contributed by atoms with van der Waals surface area (Å²) in [6.07, 6.45) is 3.56. The van der Waals surface area contributed by atoms with Crippen LogP contribution in [0.2, 0.25) is 0 Å². The molecule has 0 bridgehead atoms. The fourth-order valence-electron chi connectivity index (χ4n) is 0.992. The zero-order valence-corrected chi connectivity index (χ0v) is 6.28. The van der Waals surface area contributed by atoms with Gasteiger partial charge in [0.1, 0.15) is 6.73 Å². The summed E-state index contributed by atoms with van der Waals surface area (Å²) in [5.41, 5.74) is 1.01. The lowest BCUT2D eigenvalue weighted by molar-refractivity contribution is 0.128. The van der Waals surface area contributed by atoms with Gasteiger partial charge in [0.15, 0.2) is 0 Å². The Morgan fingerprint density at radius 2 is 2.50 bits per heavy atom. The molecule has 0 aromatic carbocycles. The van der Waals surface area contributed by atoms with Gasteiger partial charge < -0.3 is 10.0 Å². The minimum absolute atomic E-state index is 0.0650. The number of aliphatic hydroxyl groups is 1. The largest absolute Gasteiger partial charge is 0.376 e. The molecule has 0 amide bonds. The van der Waals surface area contributed by atoms with E-state index in [0.29, 0.717) is 0 Å². The van der Waals surface area contributed by atoms with Gasteiger partial charge in [0.25, 0.3) is 0 Å². The number of aliphatic imine (C=N–C) groups is 1. The maximum absolute atomic E-state index is 8.86. The highest BCUT2D eigenvalue weighted by Crippen LogP contribution is 2.10. The standard InChI is InChI=1S/C7H12N2O/c1-6-3-8-4-7(2)9(6)5-10/h3-4,6,10H,5H2,1-2H3. The van der Waals surface area contributed by atoms with E-state index in [9.17, 15) is 0 Å². The van der Waals surface area contributed by atoms with Gasteiger partial charge in [-0.1, -0.05) is 0 Å². The summed E-state index contributed by atoms with van der Waals surface area (Å²) in [5.74, 6) is 0. The Morgan fingerprint density at radius 1 is 1.80 bits per heavy atom. The molecule has 1 aliphatic rings. The lowest BCUT2D eigenvalue weighted by Crippen LogP contribution is -2.34. The Balaban J connectivity index is 2.71. The van der Waals surface area contributed by atoms with Gasteiger partial charge >= 0.3 is 0 Å². The van der Waals surface area contributed by atoms with Gasteiger partial charge in [0.2, 0.25) is 0 Å². The van der Waals surface area contributed by atoms with E-state index in [-0.39, 0.29) is 12.8 Å². The van der Waals surface area contributed by atoms with Crippen LogP contribution >= 0.6 is 0 Å². The second kappa shape index (κ2) is 2.84. The second-order valence-electron chi connectivity index (χ2n) is 2.42. The first kappa shape index (κ1) is 7.28. The van der Waals surface area contributed by atoms with Crippen LogP contribution in [-0.4, -0.2) is 29.0 Å². The second-order valence-corrected chi connectivity index (χ2v) is 2.42. The maximum Gasteiger partial charge on any atom is 0.116 e. The molecule has 0 fully saturated rings. The van der Waals surface area contributed by atoms with E-state index >= 15 is 0 Å². The summed E-state index contributed by atoms with van der Waals surface area (Å²) in [7, 11) is 0. The van der Waals surface area contributed by atoms with Gasteiger partial charge in [-0.05, 0) is 13.8 Å². The van der Waals surface area contributed by atoms with Crippen molar-refractivity contribution in [1.82, 2.24) is 4.90 Å². The van der Waals surface area contributed by atoms with E-state index in [1.165, 1.54) is 0 Å². The van der Waals surface area contributed by atoms with Crippen molar-refractivity contribution in [2.24, 2.45) is 4.99 Å². The van der Waals surface area contributed by atoms with Gasteiger partial charge in [-0.3, -0.25) is 4.99 Å². The molecular formula is C7H12N2O. The molecule has 3 heteroatoms. The molecule has 0 aromatic heterocycles. The molecule has 56 valence electrons. The van der Waals surface area contributed by atoms with E-state index < -0.39 is 0 Å². The Labute approximate surface area is 60.7 Å². The number of hydrogen-bond acceptors (Lipinski definition) is 3. The third-order valence-electron chi connectivity index (χ3n) is 1.66. The van der Waals surface area contributed by atoms with Crippen LogP contribution in [-0.2, 0) is 0 Å². The van der Waals surface area contributed by atoms with E-state index in [1.807, 2.05) is 25.0 Å². The van der Waals surface area contributed by atoms with Crippen LogP contribution in [0.15, 0.2) is 16.9 Å². The zero-order chi connectivity index (χ0) is 7.56. The Hall–Kier alpha value is -0.830. The smallest absolute Gasteiger partial charge is 0.116 e. The SMILES string of the molecule is CC1=CN=CC(C)N1CO. The topological polar surface area (TPSA) is 35.8 Å². The molecule has 0 saturated carbocycles. The number of aliphatic hydroxyl groups excluding tert-OH is 1. The van der Waals surface area contributed by atoms with Crippen molar-refractivity contribution in [1.29, 1.82) is 0 Å². The lowest BCUT2D eigenvalue weighted by atomic mass is 10.2. The van der Waals surface area contributed by atoms with Crippen molar-refractivity contribution >= 4 is 6.21 Å². The summed E-state index contributed by atoms with van der Waals surface area (Å²) in [5, 5.41) is 8.86. The normalized spacial score (nSPS) is 24.9. The van der Waals surface area contributed by atoms with Crippen LogP contribution < -0.4 is 0 Å². The van der Waals surface area contributed by atoms with Crippen molar-refractivity contribution in [3.63, 3.8) is 0 Å². The number of hydrogen-bond donors (Lipinski definition) is 1. The van der Waals surface area contributed by atoms with Crippen molar-refractivity contribution in [3.05, 3.63) is 11.9 Å². The van der Waals surface area contributed by atoms with Gasteiger partial charge in [0.05, 0.1) is 6.04 Å². The number of rotatable bonds is 1. The van der Waals surface area contributed by atoms with Gasteiger partial charge in [-0.2, -0.15) is 0 Å². The van der Waals surface area contributed by atoms with Crippen molar-refractivity contribution in [3.8, 4) is 0 Å². The highest BCUT2D eigenvalue weighted by Gasteiger charge is 2.12. The summed E-state index contributed by atoms with van der Waals surface area (Å²) in [6, 6.07) is 0.218. The Morgan fingerprint density at radius 3 is 2.90 bits per heavy atom. The molecule has 1 N–H and O–H groups in total. The van der Waals surface area contributed by atoms with Crippen molar-refractivity contribution < 1.29 is 5.11 Å². The molecule has 0 aromatic rings. The van der Waals surface area contributed by atoms with Crippen molar-refractivity contribution in [2.75, 3.05) is 6.73 Å². The third kappa shape index (κ3) is 1.19. The number of nitrogens with zero attached hydrogens (tertiary/aromatic N) is 2. The van der Waals surface area contributed by atoms with Gasteiger partial charge in [-0.15, -0.1) is 0 Å². The van der Waals surface area contributed by atoms with Crippen LogP contribution in [0.5, 0.6) is 0 Å². The first-order chi connectivity index (χ1) is 4.75. The van der Waals surface area contributed by atoms with Gasteiger partial charge in [-0.25, -0.2) is 0 Å². The minimum Gasteiger partial charge on any atom is -0.376 e. The van der Waals surface area contributed by atoms with E-state index in [0.717, 1.165) is 5.70 Å². The molecule has 0 aliphatic carbocycles. The van der Waals surface area contributed by atoms with Crippen LogP contribution in [0.4, 0.5) is 0 Å². The Kier molecular flexibility index (Phi) is 2.06. The Bertz CT molecular complexity index is 174. The van der Waals surface area contributed by atoms with Crippen molar-refractivity contribution in [2.45, 2.75) is 19.9 Å². The predicted octanol–water partition coefficient (Wildman–Crippen LogP) is 0.572. The first-order valence-corrected chi connectivity index (χ1v) is 3.33. The highest BCUT2D eigenvalue weighted by atomic mass is 16.3. The predicted molar refractivity (Wildman–Crippen MR) is 40.6 cm³/mol. The molecule has 0 saturated heterocycles. The minimum atomic E-state index is 0.0650. The summed E-state index contributed by atoms with van der Waals surface area (Å²) < 4.78 is 0. The molecule has 1 aliphatic heterocycles. The summed E-state index contributed by atoms with van der Waals surface area (Å²) in [6.45, 7) is 4.00. The molecule has 1 unspecified atom stereocenters. The molecule has 1 atom stereocenters. The fraction of sp³-hybridized carbons (Fsp3) is 0.571. The number of allylic oxidation sites excluding steroid dienone is 1. The molecular weight excluding hydrogens is 128 g/mol. The molecule has 0 radical (unpaired) electrons. The van der Waals surface area contributed by atoms with E-state index in [1.54, 1.807) is 6.20 Å². The summed E-state index contributed by atoms with van der Waals surface area (Å²) in [4.78, 5) is 5.87. The highest BCUT2D eigenvalue weighted by molar-refractivity contribution is 5.66. The van der Waals surface area contributed by atoms with E-state index in [2.05, 4.69) is 4.99 Å². The average Bonchev–Trinajstić information content (AvgIpc) is 1.88. The molecule has 1 heterocycles. The zero-order valence-electron chi connectivity index (χ0n) is 6.28. The molecule has 1 rings (SSSR count). The van der Waals surface area contributed by atoms with E-state index in [4.69, 9.17) is 5.11 Å². The van der Waals surface area contributed by atoms with Crippen LogP contribution in [0.25, 0.3) is 0 Å².